The van der Waals surface area contributed by atoms with E-state index >= 15 is 0 Å². The first kappa shape index (κ1) is 11.4. The van der Waals surface area contributed by atoms with E-state index in [1.807, 2.05) is 0 Å². The normalized spacial score (nSPS) is 11.9. The first-order chi connectivity index (χ1) is 7.19. The highest BCUT2D eigenvalue weighted by Crippen LogP contribution is 2.16. The third-order valence-corrected chi connectivity index (χ3v) is 1.88. The number of aldehydes is 1. The van der Waals surface area contributed by atoms with E-state index in [1.165, 1.54) is 18.2 Å². The molecule has 1 unspecified atom stereocenters. The number of benzene rings is 1. The second-order valence-electron chi connectivity index (χ2n) is 2.92. The Balaban J connectivity index is 2.92. The van der Waals surface area contributed by atoms with E-state index in [0.29, 0.717) is 11.8 Å². The molecule has 1 aromatic rings. The van der Waals surface area contributed by atoms with Crippen molar-refractivity contribution in [2.75, 3.05) is 6.61 Å². The van der Waals surface area contributed by atoms with Crippen molar-refractivity contribution in [1.82, 2.24) is 0 Å². The van der Waals surface area contributed by atoms with E-state index in [2.05, 4.69) is 0 Å². The maximum absolute atomic E-state index is 12.8. The van der Waals surface area contributed by atoms with Gasteiger partial charge in [-0.25, -0.2) is 4.39 Å². The maximum atomic E-state index is 12.8. The van der Waals surface area contributed by atoms with E-state index in [0.717, 1.165) is 6.07 Å². The van der Waals surface area contributed by atoms with Crippen LogP contribution < -0.4 is 0 Å². The highest BCUT2D eigenvalue weighted by Gasteiger charge is 2.21. The summed E-state index contributed by atoms with van der Waals surface area (Å²) >= 11 is 0. The molecule has 0 heterocycles. The van der Waals surface area contributed by atoms with E-state index in [1.54, 1.807) is 6.92 Å². The molecule has 0 radical (unpaired) electrons. The van der Waals surface area contributed by atoms with Crippen LogP contribution >= 0.6 is 0 Å². The first-order valence-electron chi connectivity index (χ1n) is 4.56. The van der Waals surface area contributed by atoms with Crippen LogP contribution in [0.2, 0.25) is 0 Å². The molecule has 0 aromatic heterocycles. The number of hydrogen-bond acceptors (Lipinski definition) is 3. The molecule has 0 aliphatic heterocycles. The fourth-order valence-electron chi connectivity index (χ4n) is 1.20. The Morgan fingerprint density at radius 1 is 1.60 bits per heavy atom. The third kappa shape index (κ3) is 2.87. The van der Waals surface area contributed by atoms with Gasteiger partial charge in [0.15, 0.2) is 0 Å². The van der Waals surface area contributed by atoms with Crippen LogP contribution in [0, 0.1) is 5.82 Å². The average molecular weight is 210 g/mol. The number of ether oxygens (including phenoxy) is 1. The van der Waals surface area contributed by atoms with Crippen molar-refractivity contribution < 1.29 is 18.7 Å². The Morgan fingerprint density at radius 3 is 2.87 bits per heavy atom. The van der Waals surface area contributed by atoms with Gasteiger partial charge in [-0.3, -0.25) is 4.79 Å². The third-order valence-electron chi connectivity index (χ3n) is 1.88. The van der Waals surface area contributed by atoms with Gasteiger partial charge in [-0.15, -0.1) is 0 Å². The van der Waals surface area contributed by atoms with Gasteiger partial charge in [-0.2, -0.15) is 0 Å². The zero-order chi connectivity index (χ0) is 11.3. The highest BCUT2D eigenvalue weighted by atomic mass is 19.1. The smallest absolute Gasteiger partial charge is 0.320 e. The van der Waals surface area contributed by atoms with Gasteiger partial charge in [0.25, 0.3) is 0 Å². The van der Waals surface area contributed by atoms with Gasteiger partial charge in [-0.05, 0) is 24.6 Å². The lowest BCUT2D eigenvalue weighted by atomic mass is 10.0. The minimum Gasteiger partial charge on any atom is -0.465 e. The predicted octanol–water partition coefficient (Wildman–Crippen LogP) is 1.67. The zero-order valence-corrected chi connectivity index (χ0v) is 8.27. The van der Waals surface area contributed by atoms with Crippen molar-refractivity contribution in [3.8, 4) is 0 Å². The summed E-state index contributed by atoms with van der Waals surface area (Å²) in [7, 11) is 0. The van der Waals surface area contributed by atoms with Crippen LogP contribution in [0.4, 0.5) is 4.39 Å². The van der Waals surface area contributed by atoms with Crippen LogP contribution in [0.3, 0.4) is 0 Å². The summed E-state index contributed by atoms with van der Waals surface area (Å²) in [6.45, 7) is 1.84. The molecule has 0 spiro atoms. The number of halogens is 1. The van der Waals surface area contributed by atoms with Gasteiger partial charge in [0.2, 0.25) is 0 Å². The minimum absolute atomic E-state index is 0.193. The molecule has 0 saturated carbocycles. The summed E-state index contributed by atoms with van der Waals surface area (Å²) < 4.78 is 17.5. The van der Waals surface area contributed by atoms with Gasteiger partial charge in [0.1, 0.15) is 18.0 Å². The Hall–Kier alpha value is -1.71. The van der Waals surface area contributed by atoms with Crippen LogP contribution in [0.1, 0.15) is 18.4 Å². The van der Waals surface area contributed by atoms with Gasteiger partial charge < -0.3 is 9.53 Å². The van der Waals surface area contributed by atoms with Crippen LogP contribution in [0.5, 0.6) is 0 Å². The van der Waals surface area contributed by atoms with E-state index < -0.39 is 17.7 Å². The van der Waals surface area contributed by atoms with Crippen molar-refractivity contribution in [2.45, 2.75) is 12.8 Å². The standard InChI is InChI=1S/C11H11FO3/c1-2-15-11(14)10(7-13)8-4-3-5-9(12)6-8/h3-7,10H,2H2,1H3. The Bertz CT molecular complexity index is 363. The summed E-state index contributed by atoms with van der Waals surface area (Å²) in [4.78, 5) is 22.0. The van der Waals surface area contributed by atoms with E-state index in [4.69, 9.17) is 4.74 Å². The van der Waals surface area contributed by atoms with Crippen molar-refractivity contribution in [3.63, 3.8) is 0 Å². The van der Waals surface area contributed by atoms with E-state index in [9.17, 15) is 14.0 Å². The molecular weight excluding hydrogens is 199 g/mol. The molecule has 0 saturated heterocycles. The molecule has 1 rings (SSSR count). The molecule has 15 heavy (non-hydrogen) atoms. The number of carbonyl (C=O) groups excluding carboxylic acids is 2. The maximum Gasteiger partial charge on any atom is 0.320 e. The van der Waals surface area contributed by atoms with E-state index in [-0.39, 0.29) is 6.61 Å². The minimum atomic E-state index is -1.04. The monoisotopic (exact) mass is 210 g/mol. The molecule has 4 heteroatoms. The topological polar surface area (TPSA) is 43.4 Å². The lowest BCUT2D eigenvalue weighted by Gasteiger charge is -2.09. The molecule has 1 aromatic carbocycles. The SMILES string of the molecule is CCOC(=O)C(C=O)c1cccc(F)c1. The Morgan fingerprint density at radius 2 is 2.33 bits per heavy atom. The van der Waals surface area contributed by atoms with Gasteiger partial charge in [0, 0.05) is 0 Å². The number of carbonyl (C=O) groups is 2. The molecule has 0 aliphatic rings. The summed E-state index contributed by atoms with van der Waals surface area (Å²) in [5, 5.41) is 0. The van der Waals surface area contributed by atoms with Crippen LogP contribution in [0.15, 0.2) is 24.3 Å². The van der Waals surface area contributed by atoms with Crippen molar-refractivity contribution in [3.05, 3.63) is 35.6 Å². The lowest BCUT2D eigenvalue weighted by molar-refractivity contribution is -0.146. The fraction of sp³-hybridized carbons (Fsp3) is 0.273. The van der Waals surface area contributed by atoms with Crippen molar-refractivity contribution in [1.29, 1.82) is 0 Å². The number of rotatable bonds is 4. The zero-order valence-electron chi connectivity index (χ0n) is 8.27. The van der Waals surface area contributed by atoms with Crippen LogP contribution in [-0.4, -0.2) is 18.9 Å². The van der Waals surface area contributed by atoms with Gasteiger partial charge >= 0.3 is 5.97 Å². The molecular formula is C11H11FO3. The fourth-order valence-corrected chi connectivity index (χ4v) is 1.20. The summed E-state index contributed by atoms with van der Waals surface area (Å²) in [5.74, 6) is -2.18. The largest absolute Gasteiger partial charge is 0.465 e. The molecule has 0 fully saturated rings. The number of esters is 1. The summed E-state index contributed by atoms with van der Waals surface area (Å²) in [6, 6.07) is 5.35. The molecule has 1 atom stereocenters. The quantitative estimate of drug-likeness (QED) is 0.431. The second-order valence-corrected chi connectivity index (χ2v) is 2.92. The average Bonchev–Trinajstić information content (AvgIpc) is 2.19. The van der Waals surface area contributed by atoms with Gasteiger partial charge in [0.05, 0.1) is 6.61 Å². The van der Waals surface area contributed by atoms with Crippen LogP contribution in [-0.2, 0) is 14.3 Å². The van der Waals surface area contributed by atoms with Crippen molar-refractivity contribution >= 4 is 12.3 Å². The van der Waals surface area contributed by atoms with Gasteiger partial charge in [-0.1, -0.05) is 12.1 Å². The summed E-state index contributed by atoms with van der Waals surface area (Å²) in [6.07, 6.45) is 0.451. The lowest BCUT2D eigenvalue weighted by Crippen LogP contribution is -2.17. The molecule has 0 aliphatic carbocycles. The molecule has 0 N–H and O–H groups in total. The van der Waals surface area contributed by atoms with Crippen LogP contribution in [0.25, 0.3) is 0 Å². The molecule has 0 bridgehead atoms. The predicted molar refractivity (Wildman–Crippen MR) is 51.8 cm³/mol. The Kier molecular flexibility index (Phi) is 3.97. The second kappa shape index (κ2) is 5.24. The first-order valence-corrected chi connectivity index (χ1v) is 4.56. The Labute approximate surface area is 86.9 Å². The molecule has 0 amide bonds. The van der Waals surface area contributed by atoms with Crippen molar-refractivity contribution in [2.24, 2.45) is 0 Å². The highest BCUT2D eigenvalue weighted by molar-refractivity contribution is 5.94. The molecule has 80 valence electrons. The molecule has 3 nitrogen and oxygen atoms in total. The summed E-state index contributed by atoms with van der Waals surface area (Å²) in [5.41, 5.74) is 0.309. The number of hydrogen-bond donors (Lipinski definition) is 0.